The van der Waals surface area contributed by atoms with Crippen molar-refractivity contribution in [3.8, 4) is 11.8 Å². The van der Waals surface area contributed by atoms with Crippen molar-refractivity contribution in [1.29, 1.82) is 0 Å². The van der Waals surface area contributed by atoms with Gasteiger partial charge < -0.3 is 11.5 Å². The molecule has 0 amide bonds. The van der Waals surface area contributed by atoms with Crippen molar-refractivity contribution in [2.75, 3.05) is 0 Å². The number of aryl methyl sites for hydroxylation is 2. The topological polar surface area (TPSA) is 90.2 Å². The van der Waals surface area contributed by atoms with Crippen LogP contribution in [0.3, 0.4) is 0 Å². The zero-order valence-corrected chi connectivity index (χ0v) is 14.7. The van der Waals surface area contributed by atoms with Crippen LogP contribution in [0.15, 0.2) is 65.3 Å². The van der Waals surface area contributed by atoms with Gasteiger partial charge in [0.1, 0.15) is 5.82 Å². The molecule has 2 aromatic rings. The number of aliphatic imine (C=N–C) groups is 1. The summed E-state index contributed by atoms with van der Waals surface area (Å²) >= 11 is 0. The molecule has 0 bridgehead atoms. The number of allylic oxidation sites excluding steroid dienone is 2. The summed E-state index contributed by atoms with van der Waals surface area (Å²) in [5.74, 6) is 6.35. The van der Waals surface area contributed by atoms with Crippen LogP contribution in [0, 0.1) is 25.7 Å². The lowest BCUT2D eigenvalue weighted by molar-refractivity contribution is 1.19. The molecule has 25 heavy (non-hydrogen) atoms. The third-order valence-corrected chi connectivity index (χ3v) is 3.30. The van der Waals surface area contributed by atoms with Crippen LogP contribution < -0.4 is 11.5 Å². The molecule has 5 heteroatoms. The fourth-order valence-electron chi connectivity index (χ4n) is 2.12. The number of rotatable bonds is 3. The molecule has 126 valence electrons. The predicted octanol–water partition coefficient (Wildman–Crippen LogP) is 2.60. The Morgan fingerprint density at radius 3 is 2.44 bits per heavy atom. The molecule has 2 rings (SSSR count). The largest absolute Gasteiger partial charge is 0.401 e. The van der Waals surface area contributed by atoms with Crippen LogP contribution in [0.25, 0.3) is 0 Å². The Morgan fingerprint density at radius 1 is 1.12 bits per heavy atom. The second-order valence-corrected chi connectivity index (χ2v) is 5.63. The Labute approximate surface area is 148 Å². The number of aromatic nitrogens is 2. The highest BCUT2D eigenvalue weighted by Gasteiger charge is 2.12. The highest BCUT2D eigenvalue weighted by molar-refractivity contribution is 6.16. The zero-order chi connectivity index (χ0) is 18.4. The Kier molecular flexibility index (Phi) is 5.70. The Morgan fingerprint density at radius 2 is 1.88 bits per heavy atom. The van der Waals surface area contributed by atoms with Gasteiger partial charge in [-0.05, 0) is 45.0 Å². The summed E-state index contributed by atoms with van der Waals surface area (Å²) in [7, 11) is 0. The van der Waals surface area contributed by atoms with Crippen LogP contribution in [-0.4, -0.2) is 15.7 Å². The first-order valence-electron chi connectivity index (χ1n) is 7.74. The molecule has 0 unspecified atom stereocenters. The van der Waals surface area contributed by atoms with E-state index in [1.165, 1.54) is 0 Å². The molecule has 2 aromatic heterocycles. The Balaban J connectivity index is 2.54. The van der Waals surface area contributed by atoms with Crippen molar-refractivity contribution in [3.63, 3.8) is 0 Å². The monoisotopic (exact) mass is 331 g/mol. The Hall–Kier alpha value is -3.39. The normalized spacial score (nSPS) is 12.0. The highest BCUT2D eigenvalue weighted by atomic mass is 14.9. The van der Waals surface area contributed by atoms with Gasteiger partial charge >= 0.3 is 0 Å². The molecule has 0 fully saturated rings. The van der Waals surface area contributed by atoms with E-state index in [9.17, 15) is 0 Å². The SMILES string of the molecule is C=C(N)N=C(/C(C#Cc1ccc(C)nc1)=C(/C)N)c1ccnc(C)c1. The molecule has 0 spiro atoms. The lowest BCUT2D eigenvalue weighted by atomic mass is 10.0. The van der Waals surface area contributed by atoms with E-state index in [-0.39, 0.29) is 5.82 Å². The average Bonchev–Trinajstić information content (AvgIpc) is 2.55. The summed E-state index contributed by atoms with van der Waals surface area (Å²) in [6.45, 7) is 9.27. The summed E-state index contributed by atoms with van der Waals surface area (Å²) in [5.41, 5.74) is 16.9. The summed E-state index contributed by atoms with van der Waals surface area (Å²) < 4.78 is 0. The van der Waals surface area contributed by atoms with Crippen molar-refractivity contribution in [2.24, 2.45) is 16.5 Å². The lowest BCUT2D eigenvalue weighted by Crippen LogP contribution is -2.12. The highest BCUT2D eigenvalue weighted by Crippen LogP contribution is 2.14. The van der Waals surface area contributed by atoms with E-state index >= 15 is 0 Å². The van der Waals surface area contributed by atoms with Gasteiger partial charge in [-0.2, -0.15) is 0 Å². The lowest BCUT2D eigenvalue weighted by Gasteiger charge is -2.09. The van der Waals surface area contributed by atoms with Gasteiger partial charge in [0.15, 0.2) is 0 Å². The molecular formula is C20H21N5. The maximum absolute atomic E-state index is 6.07. The molecule has 0 saturated carbocycles. The molecular weight excluding hydrogens is 310 g/mol. The zero-order valence-electron chi connectivity index (χ0n) is 14.7. The van der Waals surface area contributed by atoms with Crippen molar-refractivity contribution in [3.05, 3.63) is 82.8 Å². The fourth-order valence-corrected chi connectivity index (χ4v) is 2.12. The molecule has 0 atom stereocenters. The summed E-state index contributed by atoms with van der Waals surface area (Å²) in [6.07, 6.45) is 3.43. The molecule has 0 radical (unpaired) electrons. The number of pyridine rings is 2. The second kappa shape index (κ2) is 7.93. The van der Waals surface area contributed by atoms with E-state index < -0.39 is 0 Å². The van der Waals surface area contributed by atoms with Crippen LogP contribution in [0.1, 0.15) is 29.4 Å². The molecule has 4 N–H and O–H groups in total. The van der Waals surface area contributed by atoms with Gasteiger partial charge in [-0.15, -0.1) is 0 Å². The molecule has 0 aliphatic heterocycles. The first-order chi connectivity index (χ1) is 11.9. The third-order valence-electron chi connectivity index (χ3n) is 3.30. The number of hydrogen-bond donors (Lipinski definition) is 2. The summed E-state index contributed by atoms with van der Waals surface area (Å²) in [6, 6.07) is 7.56. The van der Waals surface area contributed by atoms with E-state index in [2.05, 4.69) is 33.4 Å². The van der Waals surface area contributed by atoms with E-state index in [0.29, 0.717) is 17.0 Å². The standard InChI is InChI=1S/C20H21N5/c1-13-5-6-17(12-24-13)7-8-19(15(3)21)20(25-16(4)22)18-9-10-23-14(2)11-18/h5-6,9-12H,4,21-22H2,1-3H3/b19-15-,25-20?. The van der Waals surface area contributed by atoms with Crippen LogP contribution >= 0.6 is 0 Å². The van der Waals surface area contributed by atoms with Gasteiger partial charge in [0, 0.05) is 40.6 Å². The maximum Gasteiger partial charge on any atom is 0.116 e. The average molecular weight is 331 g/mol. The van der Waals surface area contributed by atoms with Gasteiger partial charge in [-0.25, -0.2) is 4.99 Å². The van der Waals surface area contributed by atoms with Gasteiger partial charge in [0.2, 0.25) is 0 Å². The fraction of sp³-hybridized carbons (Fsp3) is 0.150. The molecule has 2 heterocycles. The van der Waals surface area contributed by atoms with Crippen LogP contribution in [0.4, 0.5) is 0 Å². The van der Waals surface area contributed by atoms with Crippen molar-refractivity contribution >= 4 is 5.71 Å². The first kappa shape index (κ1) is 18.0. The van der Waals surface area contributed by atoms with Gasteiger partial charge in [-0.1, -0.05) is 18.4 Å². The third kappa shape index (κ3) is 5.05. The quantitative estimate of drug-likeness (QED) is 0.668. The van der Waals surface area contributed by atoms with Crippen molar-refractivity contribution in [2.45, 2.75) is 20.8 Å². The van der Waals surface area contributed by atoms with E-state index in [4.69, 9.17) is 11.5 Å². The van der Waals surface area contributed by atoms with Crippen LogP contribution in [0.2, 0.25) is 0 Å². The summed E-state index contributed by atoms with van der Waals surface area (Å²) in [4.78, 5) is 12.8. The molecule has 0 aliphatic carbocycles. The minimum Gasteiger partial charge on any atom is -0.401 e. The van der Waals surface area contributed by atoms with E-state index in [1.54, 1.807) is 19.3 Å². The number of hydrogen-bond acceptors (Lipinski definition) is 5. The number of nitrogens with zero attached hydrogens (tertiary/aromatic N) is 3. The molecule has 5 nitrogen and oxygen atoms in total. The van der Waals surface area contributed by atoms with Gasteiger partial charge in [0.25, 0.3) is 0 Å². The Bertz CT molecular complexity index is 905. The molecule has 0 aliphatic rings. The first-order valence-corrected chi connectivity index (χ1v) is 7.74. The van der Waals surface area contributed by atoms with Gasteiger partial charge in [0.05, 0.1) is 11.3 Å². The van der Waals surface area contributed by atoms with Crippen molar-refractivity contribution < 1.29 is 0 Å². The minimum absolute atomic E-state index is 0.182. The van der Waals surface area contributed by atoms with Gasteiger partial charge in [-0.3, -0.25) is 9.97 Å². The second-order valence-electron chi connectivity index (χ2n) is 5.63. The van der Waals surface area contributed by atoms with E-state index in [0.717, 1.165) is 22.5 Å². The van der Waals surface area contributed by atoms with Crippen molar-refractivity contribution in [1.82, 2.24) is 9.97 Å². The van der Waals surface area contributed by atoms with Crippen LogP contribution in [-0.2, 0) is 0 Å². The minimum atomic E-state index is 0.182. The predicted molar refractivity (Wildman–Crippen MR) is 102 cm³/mol. The smallest absolute Gasteiger partial charge is 0.116 e. The maximum atomic E-state index is 6.07. The molecule has 0 saturated heterocycles. The molecule has 0 aromatic carbocycles. The van der Waals surface area contributed by atoms with E-state index in [1.807, 2.05) is 38.1 Å². The summed E-state index contributed by atoms with van der Waals surface area (Å²) in [5, 5.41) is 0. The number of nitrogens with two attached hydrogens (primary N) is 2. The van der Waals surface area contributed by atoms with Crippen LogP contribution in [0.5, 0.6) is 0 Å².